The molecule has 3 aromatic carbocycles. The van der Waals surface area contributed by atoms with Crippen molar-refractivity contribution in [3.05, 3.63) is 95.8 Å². The Labute approximate surface area is 180 Å². The lowest BCUT2D eigenvalue weighted by atomic mass is 9.98. The molecule has 1 aromatic heterocycles. The van der Waals surface area contributed by atoms with E-state index < -0.39 is 6.09 Å². The van der Waals surface area contributed by atoms with Gasteiger partial charge in [0.15, 0.2) is 0 Å². The molecule has 0 unspecified atom stereocenters. The minimum atomic E-state index is -0.472. The Hall–Kier alpha value is -4.17. The van der Waals surface area contributed by atoms with Crippen LogP contribution in [0.2, 0.25) is 0 Å². The van der Waals surface area contributed by atoms with E-state index in [1.165, 1.54) is 22.3 Å². The maximum absolute atomic E-state index is 12.2. The van der Waals surface area contributed by atoms with Gasteiger partial charge >= 0.3 is 6.09 Å². The zero-order valence-electron chi connectivity index (χ0n) is 16.7. The number of benzene rings is 3. The molecule has 1 aliphatic rings. The van der Waals surface area contributed by atoms with Gasteiger partial charge in [-0.25, -0.2) is 4.79 Å². The Kier molecular flexibility index (Phi) is 5.04. The van der Waals surface area contributed by atoms with Gasteiger partial charge in [0.2, 0.25) is 0 Å². The van der Waals surface area contributed by atoms with Crippen molar-refractivity contribution in [3.63, 3.8) is 0 Å². The molecule has 0 atom stereocenters. The highest BCUT2D eigenvalue weighted by molar-refractivity contribution is 5.79. The topological polar surface area (TPSA) is 64.1 Å². The molecule has 5 heteroatoms. The fraction of sp³-hybridized carbons (Fsp3) is 0.115. The van der Waals surface area contributed by atoms with Crippen LogP contribution in [0.4, 0.5) is 4.79 Å². The van der Waals surface area contributed by atoms with E-state index in [1.54, 1.807) is 12.4 Å². The normalized spacial score (nSPS) is 11.9. The molecule has 1 heterocycles. The first-order valence-electron chi connectivity index (χ1n) is 10.1. The van der Waals surface area contributed by atoms with E-state index in [0.29, 0.717) is 0 Å². The highest BCUT2D eigenvalue weighted by atomic mass is 16.5. The Morgan fingerprint density at radius 3 is 2.32 bits per heavy atom. The van der Waals surface area contributed by atoms with Crippen LogP contribution >= 0.6 is 0 Å². The van der Waals surface area contributed by atoms with Crippen molar-refractivity contribution in [1.82, 2.24) is 15.3 Å². The quantitative estimate of drug-likeness (QED) is 0.509. The number of alkyl carbamates (subject to hydrolysis) is 1. The zero-order valence-corrected chi connectivity index (χ0v) is 16.7. The molecule has 0 bridgehead atoms. The Morgan fingerprint density at radius 1 is 0.903 bits per heavy atom. The van der Waals surface area contributed by atoms with Crippen LogP contribution in [0, 0.1) is 11.8 Å². The number of hydrogen-bond donors (Lipinski definition) is 1. The van der Waals surface area contributed by atoms with Gasteiger partial charge in [0.05, 0.1) is 17.6 Å². The van der Waals surface area contributed by atoms with E-state index in [9.17, 15) is 4.79 Å². The first-order valence-corrected chi connectivity index (χ1v) is 10.1. The first-order chi connectivity index (χ1) is 15.3. The van der Waals surface area contributed by atoms with Gasteiger partial charge < -0.3 is 10.1 Å². The lowest BCUT2D eigenvalue weighted by Gasteiger charge is -2.14. The number of carbonyl (C=O) groups excluding carboxylic acids is 1. The van der Waals surface area contributed by atoms with Gasteiger partial charge in [0.1, 0.15) is 6.61 Å². The number of rotatable bonds is 3. The highest BCUT2D eigenvalue weighted by Gasteiger charge is 2.28. The van der Waals surface area contributed by atoms with Crippen molar-refractivity contribution in [1.29, 1.82) is 0 Å². The average Bonchev–Trinajstić information content (AvgIpc) is 3.14. The largest absolute Gasteiger partial charge is 0.449 e. The Morgan fingerprint density at radius 2 is 1.58 bits per heavy atom. The molecule has 5 nitrogen and oxygen atoms in total. The fourth-order valence-corrected chi connectivity index (χ4v) is 3.95. The molecule has 1 aliphatic carbocycles. The highest BCUT2D eigenvalue weighted by Crippen LogP contribution is 2.44. The molecular weight excluding hydrogens is 386 g/mol. The predicted molar refractivity (Wildman–Crippen MR) is 119 cm³/mol. The van der Waals surface area contributed by atoms with E-state index in [0.717, 1.165) is 16.6 Å². The van der Waals surface area contributed by atoms with Crippen LogP contribution in [-0.2, 0) is 4.74 Å². The van der Waals surface area contributed by atoms with Gasteiger partial charge in [-0.05, 0) is 40.5 Å². The summed E-state index contributed by atoms with van der Waals surface area (Å²) in [7, 11) is 0. The smallest absolute Gasteiger partial charge is 0.407 e. The van der Waals surface area contributed by atoms with Crippen LogP contribution in [0.3, 0.4) is 0 Å². The molecule has 1 N–H and O–H groups in total. The maximum Gasteiger partial charge on any atom is 0.407 e. The second-order valence-electron chi connectivity index (χ2n) is 7.24. The minimum absolute atomic E-state index is 0.0444. The van der Waals surface area contributed by atoms with Crippen LogP contribution < -0.4 is 5.32 Å². The number of amides is 1. The van der Waals surface area contributed by atoms with Crippen LogP contribution in [-0.4, -0.2) is 29.2 Å². The van der Waals surface area contributed by atoms with Crippen molar-refractivity contribution in [2.24, 2.45) is 0 Å². The molecule has 0 saturated heterocycles. The number of fused-ring (bicyclic) bond motifs is 4. The molecular formula is C26H19N3O2. The maximum atomic E-state index is 12.2. The number of hydrogen-bond acceptors (Lipinski definition) is 4. The summed E-state index contributed by atoms with van der Waals surface area (Å²) in [4.78, 5) is 20.7. The summed E-state index contributed by atoms with van der Waals surface area (Å²) in [6.07, 6.45) is 2.84. The number of carbonyl (C=O) groups is 1. The first kappa shape index (κ1) is 18.8. The Bertz CT molecular complexity index is 1290. The van der Waals surface area contributed by atoms with Crippen LogP contribution in [0.5, 0.6) is 0 Å². The molecule has 0 radical (unpaired) electrons. The van der Waals surface area contributed by atoms with Crippen molar-refractivity contribution in [2.75, 3.05) is 13.2 Å². The summed E-state index contributed by atoms with van der Waals surface area (Å²) >= 11 is 0. The molecule has 0 spiro atoms. The summed E-state index contributed by atoms with van der Waals surface area (Å²) in [5, 5.41) is 2.70. The summed E-state index contributed by atoms with van der Waals surface area (Å²) in [5.41, 5.74) is 7.23. The molecule has 0 fully saturated rings. The monoisotopic (exact) mass is 405 g/mol. The lowest BCUT2D eigenvalue weighted by Crippen LogP contribution is -2.26. The van der Waals surface area contributed by atoms with E-state index in [2.05, 4.69) is 51.4 Å². The van der Waals surface area contributed by atoms with Gasteiger partial charge in [-0.15, -0.1) is 0 Å². The van der Waals surface area contributed by atoms with Crippen LogP contribution in [0.25, 0.3) is 22.2 Å². The molecule has 0 saturated carbocycles. The SMILES string of the molecule is O=C(NCC#Cc1ccc2nccnc2c1)OCC1c2ccccc2-c2ccccc21. The molecule has 31 heavy (non-hydrogen) atoms. The van der Waals surface area contributed by atoms with E-state index in [-0.39, 0.29) is 19.1 Å². The number of aromatic nitrogens is 2. The van der Waals surface area contributed by atoms with Gasteiger partial charge in [0.25, 0.3) is 0 Å². The van der Waals surface area contributed by atoms with Crippen molar-refractivity contribution in [3.8, 4) is 23.0 Å². The lowest BCUT2D eigenvalue weighted by molar-refractivity contribution is 0.144. The third kappa shape index (κ3) is 3.84. The van der Waals surface area contributed by atoms with Gasteiger partial charge in [-0.2, -0.15) is 0 Å². The third-order valence-corrected chi connectivity index (χ3v) is 5.37. The summed E-state index contributed by atoms with van der Waals surface area (Å²) < 4.78 is 5.51. The number of nitrogens with one attached hydrogen (secondary N) is 1. The molecule has 4 aromatic rings. The fourth-order valence-electron chi connectivity index (χ4n) is 3.95. The van der Waals surface area contributed by atoms with Gasteiger partial charge in [0, 0.05) is 23.9 Å². The van der Waals surface area contributed by atoms with Gasteiger partial charge in [-0.1, -0.05) is 60.4 Å². The molecule has 0 aliphatic heterocycles. The molecule has 150 valence electrons. The molecule has 1 amide bonds. The van der Waals surface area contributed by atoms with Crippen molar-refractivity contribution >= 4 is 17.1 Å². The van der Waals surface area contributed by atoms with E-state index in [4.69, 9.17) is 4.74 Å². The van der Waals surface area contributed by atoms with E-state index >= 15 is 0 Å². The summed E-state index contributed by atoms with van der Waals surface area (Å²) in [6, 6.07) is 22.2. The second kappa shape index (κ2) is 8.29. The van der Waals surface area contributed by atoms with Crippen LogP contribution in [0.15, 0.2) is 79.1 Å². The molecule has 5 rings (SSSR count). The van der Waals surface area contributed by atoms with Crippen LogP contribution in [0.1, 0.15) is 22.6 Å². The van der Waals surface area contributed by atoms with E-state index in [1.807, 2.05) is 42.5 Å². The van der Waals surface area contributed by atoms with Gasteiger partial charge in [-0.3, -0.25) is 9.97 Å². The zero-order chi connectivity index (χ0) is 21.0. The summed E-state index contributed by atoms with van der Waals surface area (Å²) in [5.74, 6) is 6.02. The predicted octanol–water partition coefficient (Wildman–Crippen LogP) is 4.52. The summed E-state index contributed by atoms with van der Waals surface area (Å²) in [6.45, 7) is 0.492. The third-order valence-electron chi connectivity index (χ3n) is 5.37. The number of ether oxygens (including phenoxy) is 1. The van der Waals surface area contributed by atoms with Crippen molar-refractivity contribution < 1.29 is 9.53 Å². The van der Waals surface area contributed by atoms with Crippen molar-refractivity contribution in [2.45, 2.75) is 5.92 Å². The standard InChI is InChI=1S/C26H19N3O2/c30-26(29-13-5-6-18-11-12-24-25(16-18)28-15-14-27-24)31-17-23-21-9-3-1-7-19(21)20-8-2-4-10-22(20)23/h1-4,7-12,14-16,23H,13,17H2,(H,29,30). The average molecular weight is 405 g/mol. The number of nitrogens with zero attached hydrogens (tertiary/aromatic N) is 2. The second-order valence-corrected chi connectivity index (χ2v) is 7.24. The minimum Gasteiger partial charge on any atom is -0.449 e. The Balaban J connectivity index is 1.19.